The fourth-order valence-electron chi connectivity index (χ4n) is 5.55. The zero-order valence-electron chi connectivity index (χ0n) is 17.8. The molecule has 2 aliphatic rings. The van der Waals surface area contributed by atoms with Crippen molar-refractivity contribution >= 4 is 42.2 Å². The van der Waals surface area contributed by atoms with Crippen molar-refractivity contribution in [1.29, 1.82) is 0 Å². The van der Waals surface area contributed by atoms with Crippen molar-refractivity contribution < 1.29 is 9.47 Å². The van der Waals surface area contributed by atoms with Crippen molar-refractivity contribution in [2.24, 2.45) is 5.92 Å². The number of hydrogen-bond donors (Lipinski definition) is 0. The molecule has 2 fully saturated rings. The van der Waals surface area contributed by atoms with Crippen LogP contribution in [0.5, 0.6) is 0 Å². The molecule has 1 saturated heterocycles. The molecule has 3 aromatic carbocycles. The Morgan fingerprint density at radius 2 is 1.06 bits per heavy atom. The second-order valence-electron chi connectivity index (χ2n) is 8.92. The van der Waals surface area contributed by atoms with Gasteiger partial charge in [-0.3, -0.25) is 0 Å². The van der Waals surface area contributed by atoms with Gasteiger partial charge in [-0.1, -0.05) is 0 Å². The molecule has 0 N–H and O–H groups in total. The normalized spacial score (nSPS) is 20.4. The molecule has 0 atom stereocenters. The van der Waals surface area contributed by atoms with Crippen molar-refractivity contribution in [1.82, 2.24) is 0 Å². The number of hydrogen-bond acceptors (Lipinski definition) is 2. The Balaban J connectivity index is 1.62. The van der Waals surface area contributed by atoms with Crippen molar-refractivity contribution in [3.05, 3.63) is 91.0 Å². The maximum atomic E-state index is 6.03. The molecule has 2 nitrogen and oxygen atoms in total. The summed E-state index contributed by atoms with van der Waals surface area (Å²) in [6.45, 7) is 1.49. The molecule has 0 bridgehead atoms. The van der Waals surface area contributed by atoms with Crippen LogP contribution in [-0.2, 0) is 9.47 Å². The predicted octanol–water partition coefficient (Wildman–Crippen LogP) is 5.80. The van der Waals surface area contributed by atoms with Gasteiger partial charge in [0.2, 0.25) is 0 Å². The van der Waals surface area contributed by atoms with Crippen molar-refractivity contribution in [3.8, 4) is 0 Å². The molecule has 31 heavy (non-hydrogen) atoms. The summed E-state index contributed by atoms with van der Waals surface area (Å²) in [6.07, 6.45) is 5.53. The molecule has 1 aliphatic carbocycles. The van der Waals surface area contributed by atoms with Gasteiger partial charge in [0.25, 0.3) is 0 Å². The summed E-state index contributed by atoms with van der Waals surface area (Å²) < 4.78 is 9.36. The summed E-state index contributed by atoms with van der Waals surface area (Å²) in [5.74, 6) is 0.346. The molecule has 1 spiro atoms. The molecule has 0 radical (unpaired) electrons. The average Bonchev–Trinajstić information content (AvgIpc) is 3.31. The predicted molar refractivity (Wildman–Crippen MR) is 141 cm³/mol. The van der Waals surface area contributed by atoms with Gasteiger partial charge >= 0.3 is 199 Å². The van der Waals surface area contributed by atoms with E-state index in [1.165, 1.54) is 22.1 Å². The first-order valence-electron chi connectivity index (χ1n) is 11.3. The van der Waals surface area contributed by atoms with E-state index in [1.807, 2.05) is 0 Å². The minimum absolute atomic E-state index is 0.301. The Bertz CT molecular complexity index is 894. The number of benzene rings is 3. The van der Waals surface area contributed by atoms with E-state index >= 15 is 0 Å². The fraction of sp³-hybridized carbons (Fsp3) is 0.333. The number of rotatable bonds is 5. The van der Waals surface area contributed by atoms with Gasteiger partial charge in [0.15, 0.2) is 0 Å². The number of ether oxygens (including phenoxy) is 2. The van der Waals surface area contributed by atoms with E-state index in [4.69, 9.17) is 9.47 Å². The van der Waals surface area contributed by atoms with E-state index in [0.717, 1.165) is 38.9 Å². The zero-order valence-corrected chi connectivity index (χ0v) is 20.9. The summed E-state index contributed by atoms with van der Waals surface area (Å²) >= 11 is 2.92. The third kappa shape index (κ3) is 3.78. The van der Waals surface area contributed by atoms with Crippen LogP contribution in [0.4, 0.5) is 0 Å². The molecule has 4 heteroatoms. The van der Waals surface area contributed by atoms with Gasteiger partial charge < -0.3 is 0 Å². The molecule has 1 aliphatic heterocycles. The monoisotopic (exact) mass is 544 g/mol. The van der Waals surface area contributed by atoms with Gasteiger partial charge in [-0.05, 0) is 0 Å². The minimum atomic E-state index is -2.69. The van der Waals surface area contributed by atoms with Gasteiger partial charge in [-0.25, -0.2) is 0 Å². The van der Waals surface area contributed by atoms with E-state index < -0.39 is 4.25 Å². The maximum absolute atomic E-state index is 6.03. The van der Waals surface area contributed by atoms with Gasteiger partial charge in [0, 0.05) is 0 Å². The molecule has 0 unspecified atom stereocenters. The third-order valence-electron chi connectivity index (χ3n) is 7.17. The molecular formula is C27H30IO2P. The first-order chi connectivity index (χ1) is 15.1. The Labute approximate surface area is 198 Å². The standard InChI is InChI=1S/C27H30IO2P/c28-31(24-10-4-1-5-11-24,25-12-6-2-7-13-25,26-14-8-3-9-15-26)22-23-16-18-27(19-17-23)29-20-21-30-27/h1-15,23H,16-22H2. The molecule has 0 amide bonds. The fourth-order valence-corrected chi connectivity index (χ4v) is 15.4. The number of halogens is 1. The van der Waals surface area contributed by atoms with Gasteiger partial charge in [-0.15, -0.1) is 0 Å². The second-order valence-corrected chi connectivity index (χ2v) is 19.6. The topological polar surface area (TPSA) is 18.5 Å². The van der Waals surface area contributed by atoms with E-state index in [0.29, 0.717) is 5.92 Å². The quantitative estimate of drug-likeness (QED) is 0.299. The van der Waals surface area contributed by atoms with E-state index in [2.05, 4.69) is 113 Å². The molecule has 1 saturated carbocycles. The Hall–Kier alpha value is -1.26. The van der Waals surface area contributed by atoms with E-state index in [9.17, 15) is 0 Å². The van der Waals surface area contributed by atoms with Gasteiger partial charge in [-0.2, -0.15) is 0 Å². The van der Waals surface area contributed by atoms with Crippen molar-refractivity contribution in [2.75, 3.05) is 19.4 Å². The van der Waals surface area contributed by atoms with Crippen LogP contribution in [0.2, 0.25) is 0 Å². The summed E-state index contributed by atoms with van der Waals surface area (Å²) in [4.78, 5) is 0. The summed E-state index contributed by atoms with van der Waals surface area (Å²) in [6, 6.07) is 33.8. The molecule has 5 rings (SSSR count). The summed E-state index contributed by atoms with van der Waals surface area (Å²) in [5.41, 5.74) is 0. The van der Waals surface area contributed by atoms with Crippen molar-refractivity contribution in [3.63, 3.8) is 0 Å². The summed E-state index contributed by atoms with van der Waals surface area (Å²) in [7, 11) is 0. The third-order valence-corrected chi connectivity index (χ3v) is 18.7. The van der Waals surface area contributed by atoms with Crippen LogP contribution in [0.1, 0.15) is 25.7 Å². The Morgan fingerprint density at radius 3 is 1.45 bits per heavy atom. The van der Waals surface area contributed by atoms with Crippen molar-refractivity contribution in [2.45, 2.75) is 31.5 Å². The van der Waals surface area contributed by atoms with Crippen LogP contribution in [-0.4, -0.2) is 25.2 Å². The van der Waals surface area contributed by atoms with E-state index in [1.54, 1.807) is 0 Å². The first-order valence-corrected chi connectivity index (χ1v) is 16.5. The first kappa shape index (κ1) is 21.6. The average molecular weight is 544 g/mol. The van der Waals surface area contributed by atoms with Crippen LogP contribution in [0.25, 0.3) is 0 Å². The van der Waals surface area contributed by atoms with Crippen LogP contribution < -0.4 is 15.9 Å². The Morgan fingerprint density at radius 1 is 0.677 bits per heavy atom. The van der Waals surface area contributed by atoms with Crippen LogP contribution >= 0.6 is 26.3 Å². The van der Waals surface area contributed by atoms with Crippen LogP contribution in [0.15, 0.2) is 91.0 Å². The molecule has 162 valence electrons. The van der Waals surface area contributed by atoms with E-state index in [-0.39, 0.29) is 5.79 Å². The molecule has 0 aromatic heterocycles. The second kappa shape index (κ2) is 8.59. The van der Waals surface area contributed by atoms with Crippen LogP contribution in [0.3, 0.4) is 0 Å². The van der Waals surface area contributed by atoms with Crippen LogP contribution in [0, 0.1) is 5.92 Å². The molecular weight excluding hydrogens is 514 g/mol. The van der Waals surface area contributed by atoms with Gasteiger partial charge in [0.05, 0.1) is 0 Å². The Kier molecular flexibility index (Phi) is 5.98. The molecule has 3 aromatic rings. The summed E-state index contributed by atoms with van der Waals surface area (Å²) in [5, 5.41) is 4.42. The SMILES string of the molecule is IP(CC1CCC2(CC1)OCCO2)(c1ccccc1)(c1ccccc1)c1ccccc1. The van der Waals surface area contributed by atoms with Gasteiger partial charge in [0.1, 0.15) is 0 Å². The molecule has 1 heterocycles. The zero-order chi connectivity index (χ0) is 21.2.